The highest BCUT2D eigenvalue weighted by atomic mass is 79.9. The van der Waals surface area contributed by atoms with E-state index in [4.69, 9.17) is 0 Å². The molecule has 0 aliphatic carbocycles. The van der Waals surface area contributed by atoms with E-state index in [0.717, 1.165) is 36.0 Å². The van der Waals surface area contributed by atoms with Crippen molar-refractivity contribution in [1.29, 1.82) is 0 Å². The minimum atomic E-state index is 0.125. The van der Waals surface area contributed by atoms with Crippen molar-refractivity contribution < 1.29 is 4.79 Å². The Morgan fingerprint density at radius 1 is 1.25 bits per heavy atom. The molecule has 0 atom stereocenters. The number of hydrogen-bond donors (Lipinski definition) is 0. The van der Waals surface area contributed by atoms with E-state index in [2.05, 4.69) is 34.7 Å². The minimum Gasteiger partial charge on any atom is -0.339 e. The molecule has 1 aromatic carbocycles. The van der Waals surface area contributed by atoms with Gasteiger partial charge < -0.3 is 9.80 Å². The molecule has 0 N–H and O–H groups in total. The summed E-state index contributed by atoms with van der Waals surface area (Å²) < 4.78 is 1.00. The lowest BCUT2D eigenvalue weighted by atomic mass is 10.0. The number of amides is 1. The van der Waals surface area contributed by atoms with Gasteiger partial charge in [-0.15, -0.1) is 0 Å². The van der Waals surface area contributed by atoms with Gasteiger partial charge in [0.15, 0.2) is 0 Å². The third kappa shape index (κ3) is 3.61. The zero-order valence-corrected chi connectivity index (χ0v) is 14.1. The molecule has 1 saturated heterocycles. The van der Waals surface area contributed by atoms with Crippen LogP contribution < -0.4 is 0 Å². The zero-order chi connectivity index (χ0) is 14.7. The highest BCUT2D eigenvalue weighted by molar-refractivity contribution is 9.10. The lowest BCUT2D eigenvalue weighted by Crippen LogP contribution is -2.47. The Kier molecular flexibility index (Phi) is 5.22. The van der Waals surface area contributed by atoms with E-state index >= 15 is 0 Å². The van der Waals surface area contributed by atoms with Crippen molar-refractivity contribution in [2.45, 2.75) is 38.8 Å². The Labute approximate surface area is 130 Å². The van der Waals surface area contributed by atoms with Crippen molar-refractivity contribution in [3.05, 3.63) is 34.3 Å². The van der Waals surface area contributed by atoms with Gasteiger partial charge in [-0.2, -0.15) is 0 Å². The lowest BCUT2D eigenvalue weighted by molar-refractivity contribution is 0.0615. The molecule has 0 unspecified atom stereocenters. The smallest absolute Gasteiger partial charge is 0.253 e. The van der Waals surface area contributed by atoms with Gasteiger partial charge in [-0.05, 0) is 51.0 Å². The van der Waals surface area contributed by atoms with Gasteiger partial charge in [-0.25, -0.2) is 0 Å². The third-order valence-electron chi connectivity index (χ3n) is 4.19. The van der Waals surface area contributed by atoms with Gasteiger partial charge in [0.25, 0.3) is 5.91 Å². The average Bonchev–Trinajstić information content (AvgIpc) is 2.46. The zero-order valence-electron chi connectivity index (χ0n) is 12.5. The molecule has 1 aliphatic heterocycles. The van der Waals surface area contributed by atoms with Crippen LogP contribution >= 0.6 is 15.9 Å². The molecule has 20 heavy (non-hydrogen) atoms. The second-order valence-corrected chi connectivity index (χ2v) is 6.70. The summed E-state index contributed by atoms with van der Waals surface area (Å²) in [7, 11) is 1.93. The summed E-state index contributed by atoms with van der Waals surface area (Å²) in [6.07, 6.45) is 2.13. The summed E-state index contributed by atoms with van der Waals surface area (Å²) >= 11 is 3.40. The molecule has 0 aromatic heterocycles. The number of carbonyl (C=O) groups is 1. The molecule has 0 spiro atoms. The van der Waals surface area contributed by atoms with Crippen molar-refractivity contribution >= 4 is 21.8 Å². The summed E-state index contributed by atoms with van der Waals surface area (Å²) in [5, 5.41) is 0. The molecule has 1 fully saturated rings. The fourth-order valence-electron chi connectivity index (χ4n) is 2.75. The minimum absolute atomic E-state index is 0.125. The van der Waals surface area contributed by atoms with E-state index in [1.54, 1.807) is 0 Å². The molecule has 1 aromatic rings. The van der Waals surface area contributed by atoms with E-state index in [0.29, 0.717) is 12.1 Å². The molecule has 110 valence electrons. The normalized spacial score (nSPS) is 17.4. The van der Waals surface area contributed by atoms with Crippen LogP contribution in [0.15, 0.2) is 28.7 Å². The predicted octanol–water partition coefficient (Wildman–Crippen LogP) is 3.39. The topological polar surface area (TPSA) is 23.6 Å². The molecule has 0 bridgehead atoms. The van der Waals surface area contributed by atoms with Crippen LogP contribution in [0.3, 0.4) is 0 Å². The first-order valence-electron chi connectivity index (χ1n) is 7.26. The van der Waals surface area contributed by atoms with Crippen LogP contribution in [0.25, 0.3) is 0 Å². The summed E-state index contributed by atoms with van der Waals surface area (Å²) in [5.41, 5.74) is 0.766. The molecule has 0 saturated carbocycles. The number of halogens is 1. The first-order chi connectivity index (χ1) is 9.49. The standard InChI is InChI=1S/C16H23BrN2O/c1-12(2)19-10-8-15(9-11-19)18(3)16(20)13-4-6-14(17)7-5-13/h4-7,12,15H,8-11H2,1-3H3. The van der Waals surface area contributed by atoms with E-state index in [1.807, 2.05) is 36.2 Å². The molecule has 1 amide bonds. The maximum Gasteiger partial charge on any atom is 0.253 e. The fourth-order valence-corrected chi connectivity index (χ4v) is 3.02. The monoisotopic (exact) mass is 338 g/mol. The molecular weight excluding hydrogens is 316 g/mol. The van der Waals surface area contributed by atoms with Gasteiger partial charge in [0.05, 0.1) is 0 Å². The number of rotatable bonds is 3. The molecule has 1 aliphatic rings. The average molecular weight is 339 g/mol. The summed E-state index contributed by atoms with van der Waals surface area (Å²) in [4.78, 5) is 16.9. The Morgan fingerprint density at radius 2 is 1.80 bits per heavy atom. The largest absolute Gasteiger partial charge is 0.339 e. The van der Waals surface area contributed by atoms with Crippen LogP contribution in [0.1, 0.15) is 37.0 Å². The maximum absolute atomic E-state index is 12.5. The molecule has 3 nitrogen and oxygen atoms in total. The van der Waals surface area contributed by atoms with Crippen molar-refractivity contribution in [2.75, 3.05) is 20.1 Å². The van der Waals surface area contributed by atoms with Crippen molar-refractivity contribution in [2.24, 2.45) is 0 Å². The van der Waals surface area contributed by atoms with Gasteiger partial charge in [0.2, 0.25) is 0 Å². The van der Waals surface area contributed by atoms with Crippen molar-refractivity contribution in [1.82, 2.24) is 9.80 Å². The number of likely N-dealkylation sites (tertiary alicyclic amines) is 1. The number of piperidine rings is 1. The first kappa shape index (κ1) is 15.5. The number of nitrogens with zero attached hydrogens (tertiary/aromatic N) is 2. The lowest BCUT2D eigenvalue weighted by Gasteiger charge is -2.38. The second-order valence-electron chi connectivity index (χ2n) is 5.78. The van der Waals surface area contributed by atoms with Crippen LogP contribution in [0.4, 0.5) is 0 Å². The van der Waals surface area contributed by atoms with Gasteiger partial charge in [0, 0.05) is 42.3 Å². The molecular formula is C16H23BrN2O. The van der Waals surface area contributed by atoms with Gasteiger partial charge in [0.1, 0.15) is 0 Å². The Balaban J connectivity index is 1.96. The number of benzene rings is 1. The summed E-state index contributed by atoms with van der Waals surface area (Å²) in [5.74, 6) is 0.125. The van der Waals surface area contributed by atoms with E-state index in [-0.39, 0.29) is 5.91 Å². The van der Waals surface area contributed by atoms with Gasteiger partial charge in [-0.1, -0.05) is 15.9 Å². The summed E-state index contributed by atoms with van der Waals surface area (Å²) in [6.45, 7) is 6.63. The van der Waals surface area contributed by atoms with Crippen LogP contribution in [0.2, 0.25) is 0 Å². The molecule has 0 radical (unpaired) electrons. The van der Waals surface area contributed by atoms with Crippen molar-refractivity contribution in [3.8, 4) is 0 Å². The van der Waals surface area contributed by atoms with Gasteiger partial charge in [-0.3, -0.25) is 4.79 Å². The SMILES string of the molecule is CC(C)N1CCC(N(C)C(=O)c2ccc(Br)cc2)CC1. The number of hydrogen-bond acceptors (Lipinski definition) is 2. The highest BCUT2D eigenvalue weighted by Gasteiger charge is 2.26. The van der Waals surface area contributed by atoms with Crippen LogP contribution in [0, 0.1) is 0 Å². The molecule has 2 rings (SSSR count). The van der Waals surface area contributed by atoms with Crippen molar-refractivity contribution in [3.63, 3.8) is 0 Å². The quantitative estimate of drug-likeness (QED) is 0.843. The Hall–Kier alpha value is -0.870. The van der Waals surface area contributed by atoms with Crippen LogP contribution in [-0.4, -0.2) is 47.9 Å². The van der Waals surface area contributed by atoms with E-state index in [9.17, 15) is 4.79 Å². The van der Waals surface area contributed by atoms with E-state index in [1.165, 1.54) is 0 Å². The molecule has 1 heterocycles. The molecule has 4 heteroatoms. The van der Waals surface area contributed by atoms with E-state index < -0.39 is 0 Å². The first-order valence-corrected chi connectivity index (χ1v) is 8.05. The van der Waals surface area contributed by atoms with Crippen LogP contribution in [-0.2, 0) is 0 Å². The predicted molar refractivity (Wildman–Crippen MR) is 86.0 cm³/mol. The number of carbonyl (C=O) groups excluding carboxylic acids is 1. The second kappa shape index (κ2) is 6.72. The third-order valence-corrected chi connectivity index (χ3v) is 4.72. The highest BCUT2D eigenvalue weighted by Crippen LogP contribution is 2.19. The Bertz CT molecular complexity index is 450. The fraction of sp³-hybridized carbons (Fsp3) is 0.562. The van der Waals surface area contributed by atoms with Crippen LogP contribution in [0.5, 0.6) is 0 Å². The Morgan fingerprint density at radius 3 is 2.30 bits per heavy atom. The summed E-state index contributed by atoms with van der Waals surface area (Å²) in [6, 6.07) is 8.56. The van der Waals surface area contributed by atoms with Gasteiger partial charge >= 0.3 is 0 Å². The maximum atomic E-state index is 12.5.